The number of anilines is 1. The Morgan fingerprint density at radius 2 is 1.81 bits per heavy atom. The highest BCUT2D eigenvalue weighted by Crippen LogP contribution is 2.22. The zero-order chi connectivity index (χ0) is 18.8. The van der Waals surface area contributed by atoms with Crippen molar-refractivity contribution >= 4 is 17.5 Å². The van der Waals surface area contributed by atoms with E-state index in [4.69, 9.17) is 4.52 Å². The van der Waals surface area contributed by atoms with Gasteiger partial charge in [-0.25, -0.2) is 0 Å². The number of rotatable bonds is 5. The number of carbonyl (C=O) groups excluding carboxylic acids is 2. The quantitative estimate of drug-likeness (QED) is 0.724. The minimum Gasteiger partial charge on any atom is -0.350 e. The van der Waals surface area contributed by atoms with Gasteiger partial charge in [-0.3, -0.25) is 9.59 Å². The van der Waals surface area contributed by atoms with Gasteiger partial charge in [0.25, 0.3) is 11.8 Å². The van der Waals surface area contributed by atoms with E-state index in [0.29, 0.717) is 16.9 Å². The Morgan fingerprint density at radius 3 is 2.56 bits per heavy atom. The third-order valence-electron chi connectivity index (χ3n) is 4.38. The van der Waals surface area contributed by atoms with Crippen molar-refractivity contribution in [2.75, 3.05) is 5.32 Å². The van der Waals surface area contributed by atoms with Crippen molar-refractivity contribution in [2.45, 2.75) is 25.8 Å². The smallest absolute Gasteiger partial charge is 0.294 e. The van der Waals surface area contributed by atoms with E-state index in [2.05, 4.69) is 15.8 Å². The zero-order valence-corrected chi connectivity index (χ0v) is 14.9. The second-order valence-corrected chi connectivity index (χ2v) is 6.73. The topological polar surface area (TPSA) is 84.2 Å². The maximum Gasteiger partial charge on any atom is 0.294 e. The fourth-order valence-corrected chi connectivity index (χ4v) is 2.67. The molecule has 1 heterocycles. The summed E-state index contributed by atoms with van der Waals surface area (Å²) in [5.41, 5.74) is 3.65. The van der Waals surface area contributed by atoms with Crippen LogP contribution in [-0.2, 0) is 0 Å². The van der Waals surface area contributed by atoms with Crippen molar-refractivity contribution in [1.82, 2.24) is 10.5 Å². The van der Waals surface area contributed by atoms with E-state index in [-0.39, 0.29) is 17.7 Å². The molecule has 0 atom stereocenters. The minimum absolute atomic E-state index is 0.110. The predicted octanol–water partition coefficient (Wildman–Crippen LogP) is 3.79. The summed E-state index contributed by atoms with van der Waals surface area (Å²) in [4.78, 5) is 24.6. The van der Waals surface area contributed by atoms with Crippen LogP contribution in [0, 0.1) is 6.92 Å². The summed E-state index contributed by atoms with van der Waals surface area (Å²) in [6, 6.07) is 16.5. The van der Waals surface area contributed by atoms with Crippen molar-refractivity contribution in [2.24, 2.45) is 0 Å². The normalized spacial score (nSPS) is 13.2. The van der Waals surface area contributed by atoms with Gasteiger partial charge in [-0.15, -0.1) is 0 Å². The van der Waals surface area contributed by atoms with E-state index in [0.717, 1.165) is 24.0 Å². The van der Waals surface area contributed by atoms with Crippen LogP contribution in [0.25, 0.3) is 11.3 Å². The summed E-state index contributed by atoms with van der Waals surface area (Å²) in [5.74, 6) is -0.436. The van der Waals surface area contributed by atoms with E-state index >= 15 is 0 Å². The molecule has 0 spiro atoms. The highest BCUT2D eigenvalue weighted by Gasteiger charge is 2.24. The molecular weight excluding hydrogens is 342 g/mol. The Morgan fingerprint density at radius 1 is 1.04 bits per heavy atom. The number of amides is 2. The Kier molecular flexibility index (Phi) is 4.46. The number of nitrogens with one attached hydrogen (secondary N) is 2. The fourth-order valence-electron chi connectivity index (χ4n) is 2.67. The number of carbonyl (C=O) groups is 2. The van der Waals surface area contributed by atoms with Gasteiger partial charge in [0.15, 0.2) is 0 Å². The second-order valence-electron chi connectivity index (χ2n) is 6.73. The molecule has 4 rings (SSSR count). The number of aryl methyl sites for hydroxylation is 1. The first kappa shape index (κ1) is 17.0. The van der Waals surface area contributed by atoms with Crippen LogP contribution < -0.4 is 10.6 Å². The van der Waals surface area contributed by atoms with E-state index < -0.39 is 5.91 Å². The summed E-state index contributed by atoms with van der Waals surface area (Å²) < 4.78 is 5.18. The van der Waals surface area contributed by atoms with E-state index in [1.807, 2.05) is 31.2 Å². The molecule has 2 N–H and O–H groups in total. The molecule has 2 aromatic carbocycles. The maximum atomic E-state index is 12.4. The lowest BCUT2D eigenvalue weighted by Crippen LogP contribution is -2.25. The first-order valence-electron chi connectivity index (χ1n) is 8.84. The summed E-state index contributed by atoms with van der Waals surface area (Å²) >= 11 is 0. The molecule has 0 aliphatic heterocycles. The van der Waals surface area contributed by atoms with Crippen LogP contribution in [0.3, 0.4) is 0 Å². The molecule has 0 unspecified atom stereocenters. The van der Waals surface area contributed by atoms with Crippen molar-refractivity contribution in [3.8, 4) is 11.3 Å². The summed E-state index contributed by atoms with van der Waals surface area (Å²) in [5, 5.41) is 9.64. The van der Waals surface area contributed by atoms with Crippen LogP contribution in [-0.4, -0.2) is 23.0 Å². The van der Waals surface area contributed by atoms with Crippen molar-refractivity contribution in [3.05, 3.63) is 71.5 Å². The lowest BCUT2D eigenvalue weighted by atomic mass is 10.1. The molecule has 6 heteroatoms. The van der Waals surface area contributed by atoms with Crippen LogP contribution in [0.2, 0.25) is 0 Å². The fraction of sp³-hybridized carbons (Fsp3) is 0.190. The monoisotopic (exact) mass is 361 g/mol. The maximum absolute atomic E-state index is 12.4. The van der Waals surface area contributed by atoms with Gasteiger partial charge in [0, 0.05) is 28.9 Å². The molecular formula is C21H19N3O3. The summed E-state index contributed by atoms with van der Waals surface area (Å²) in [6.07, 6.45) is 2.05. The Labute approximate surface area is 156 Å². The molecule has 6 nitrogen and oxygen atoms in total. The number of hydrogen-bond donors (Lipinski definition) is 2. The van der Waals surface area contributed by atoms with Crippen molar-refractivity contribution in [3.63, 3.8) is 0 Å². The highest BCUT2D eigenvalue weighted by atomic mass is 16.5. The van der Waals surface area contributed by atoms with Crippen LogP contribution in [0.15, 0.2) is 59.1 Å². The van der Waals surface area contributed by atoms with Crippen molar-refractivity contribution < 1.29 is 14.1 Å². The second kappa shape index (κ2) is 7.07. The average Bonchev–Trinajstić information content (AvgIpc) is 3.34. The molecule has 1 aliphatic rings. The molecule has 1 saturated carbocycles. The highest BCUT2D eigenvalue weighted by molar-refractivity contribution is 6.03. The summed E-state index contributed by atoms with van der Waals surface area (Å²) in [7, 11) is 0. The van der Waals surface area contributed by atoms with Gasteiger partial charge >= 0.3 is 0 Å². The van der Waals surface area contributed by atoms with Gasteiger partial charge in [-0.05, 0) is 38.0 Å². The van der Waals surface area contributed by atoms with E-state index in [9.17, 15) is 9.59 Å². The third kappa shape index (κ3) is 4.06. The Balaban J connectivity index is 1.46. The number of nitrogens with zero attached hydrogens (tertiary/aromatic N) is 1. The molecule has 3 aromatic rings. The first-order chi connectivity index (χ1) is 13.1. The molecule has 1 aromatic heterocycles. The first-order valence-corrected chi connectivity index (χ1v) is 8.84. The molecule has 27 heavy (non-hydrogen) atoms. The molecule has 1 fully saturated rings. The SMILES string of the molecule is Cc1ccc(-c2cc(C(=O)Nc3cccc(C(=O)NC4CC4)c3)on2)cc1. The standard InChI is InChI=1S/C21H19N3O3/c1-13-5-7-14(8-6-13)18-12-19(27-24-18)21(26)23-17-4-2-3-15(11-17)20(25)22-16-9-10-16/h2-8,11-12,16H,9-10H2,1H3,(H,22,25)(H,23,26). The van der Waals surface area contributed by atoms with Crippen LogP contribution >= 0.6 is 0 Å². The average molecular weight is 361 g/mol. The van der Waals surface area contributed by atoms with E-state index in [1.54, 1.807) is 30.3 Å². The zero-order valence-electron chi connectivity index (χ0n) is 14.9. The Bertz CT molecular complexity index is 988. The molecule has 0 saturated heterocycles. The van der Waals surface area contributed by atoms with Gasteiger partial charge in [-0.2, -0.15) is 0 Å². The number of hydrogen-bond acceptors (Lipinski definition) is 4. The van der Waals surface area contributed by atoms with Crippen molar-refractivity contribution in [1.29, 1.82) is 0 Å². The van der Waals surface area contributed by atoms with Crippen LogP contribution in [0.4, 0.5) is 5.69 Å². The van der Waals surface area contributed by atoms with Gasteiger partial charge in [-0.1, -0.05) is 41.1 Å². The van der Waals surface area contributed by atoms with Gasteiger partial charge < -0.3 is 15.2 Å². The largest absolute Gasteiger partial charge is 0.350 e. The van der Waals surface area contributed by atoms with Gasteiger partial charge in [0.05, 0.1) is 0 Å². The van der Waals surface area contributed by atoms with Crippen LogP contribution in [0.1, 0.15) is 39.3 Å². The molecule has 0 radical (unpaired) electrons. The number of benzene rings is 2. The predicted molar refractivity (Wildman–Crippen MR) is 102 cm³/mol. The van der Waals surface area contributed by atoms with E-state index in [1.165, 1.54) is 0 Å². The Hall–Kier alpha value is -3.41. The van der Waals surface area contributed by atoms with Crippen LogP contribution in [0.5, 0.6) is 0 Å². The third-order valence-corrected chi connectivity index (χ3v) is 4.38. The molecule has 1 aliphatic carbocycles. The molecule has 0 bridgehead atoms. The number of aromatic nitrogens is 1. The lowest BCUT2D eigenvalue weighted by Gasteiger charge is -2.06. The minimum atomic E-state index is -0.416. The lowest BCUT2D eigenvalue weighted by molar-refractivity contribution is 0.0948. The molecule has 2 amide bonds. The molecule has 136 valence electrons. The van der Waals surface area contributed by atoms with Gasteiger partial charge in [0.2, 0.25) is 5.76 Å². The van der Waals surface area contributed by atoms with Gasteiger partial charge in [0.1, 0.15) is 5.69 Å². The summed E-state index contributed by atoms with van der Waals surface area (Å²) in [6.45, 7) is 2.00.